The third-order valence-corrected chi connectivity index (χ3v) is 4.72. The van der Waals surface area contributed by atoms with Gasteiger partial charge in [-0.25, -0.2) is 9.97 Å². The molecule has 3 heterocycles. The Morgan fingerprint density at radius 2 is 2.00 bits per heavy atom. The molecule has 29 heavy (non-hydrogen) atoms. The van der Waals surface area contributed by atoms with Crippen LogP contribution < -0.4 is 21.5 Å². The van der Waals surface area contributed by atoms with E-state index in [0.29, 0.717) is 12.4 Å². The first-order valence-corrected chi connectivity index (χ1v) is 9.08. The summed E-state index contributed by atoms with van der Waals surface area (Å²) in [4.78, 5) is 46.5. The Morgan fingerprint density at radius 1 is 1.21 bits per heavy atom. The monoisotopic (exact) mass is 398 g/mol. The van der Waals surface area contributed by atoms with Crippen LogP contribution in [0.4, 0.5) is 11.5 Å². The van der Waals surface area contributed by atoms with Gasteiger partial charge in [0.05, 0.1) is 25.0 Å². The number of nitrogens with one attached hydrogen (secondary N) is 1. The zero-order chi connectivity index (χ0) is 21.0. The molecule has 0 unspecified atom stereocenters. The second-order valence-corrected chi connectivity index (χ2v) is 6.63. The number of likely N-dealkylation sites (tertiary alicyclic amines) is 1. The van der Waals surface area contributed by atoms with Gasteiger partial charge in [0.1, 0.15) is 11.4 Å². The molecule has 3 amide bonds. The molecule has 10 nitrogen and oxygen atoms in total. The third-order valence-electron chi connectivity index (χ3n) is 4.72. The third kappa shape index (κ3) is 4.42. The lowest BCUT2D eigenvalue weighted by Crippen LogP contribution is -2.44. The summed E-state index contributed by atoms with van der Waals surface area (Å²) in [5.74, 6) is -1.85. The molecule has 0 radical (unpaired) electrons. The first-order valence-electron chi connectivity index (χ1n) is 9.08. The van der Waals surface area contributed by atoms with E-state index < -0.39 is 17.7 Å². The summed E-state index contributed by atoms with van der Waals surface area (Å²) >= 11 is 0. The Morgan fingerprint density at radius 3 is 2.66 bits per heavy atom. The number of carbonyl (C=O) groups excluding carboxylic acids is 3. The summed E-state index contributed by atoms with van der Waals surface area (Å²) in [7, 11) is 1.35. The summed E-state index contributed by atoms with van der Waals surface area (Å²) in [6.07, 6.45) is 5.36. The minimum atomic E-state index is -0.831. The van der Waals surface area contributed by atoms with Gasteiger partial charge in [-0.1, -0.05) is 6.07 Å². The maximum atomic E-state index is 12.8. The van der Waals surface area contributed by atoms with E-state index in [4.69, 9.17) is 16.2 Å². The minimum absolute atomic E-state index is 0.00143. The predicted molar refractivity (Wildman–Crippen MR) is 105 cm³/mol. The zero-order valence-electron chi connectivity index (χ0n) is 15.9. The number of amides is 3. The van der Waals surface area contributed by atoms with Crippen LogP contribution in [-0.4, -0.2) is 46.2 Å². The number of aromatic nitrogens is 2. The second-order valence-electron chi connectivity index (χ2n) is 6.63. The molecular weight excluding hydrogens is 376 g/mol. The Labute approximate surface area is 167 Å². The molecule has 1 aliphatic heterocycles. The first-order chi connectivity index (χ1) is 13.9. The van der Waals surface area contributed by atoms with Gasteiger partial charge in [-0.15, -0.1) is 0 Å². The largest absolute Gasteiger partial charge is 0.480 e. The van der Waals surface area contributed by atoms with Crippen molar-refractivity contribution in [3.63, 3.8) is 0 Å². The Kier molecular flexibility index (Phi) is 5.91. The van der Waals surface area contributed by atoms with Gasteiger partial charge >= 0.3 is 11.8 Å². The van der Waals surface area contributed by atoms with Gasteiger partial charge in [-0.3, -0.25) is 14.4 Å². The van der Waals surface area contributed by atoms with Crippen LogP contribution in [0.2, 0.25) is 0 Å². The SMILES string of the molecule is COc1ncc(NC(=O)C(=O)N2CCCC[C@H]2c2ccc(N)nc2)cc1C(N)=O. The average Bonchev–Trinajstić information content (AvgIpc) is 2.73. The molecule has 0 aromatic carbocycles. The fraction of sp³-hybridized carbons (Fsp3) is 0.316. The van der Waals surface area contributed by atoms with Crippen molar-refractivity contribution < 1.29 is 19.1 Å². The van der Waals surface area contributed by atoms with E-state index in [1.54, 1.807) is 12.3 Å². The van der Waals surface area contributed by atoms with Crippen molar-refractivity contribution in [2.75, 3.05) is 24.7 Å². The van der Waals surface area contributed by atoms with Crippen LogP contribution in [0, 0.1) is 0 Å². The van der Waals surface area contributed by atoms with E-state index in [1.165, 1.54) is 24.3 Å². The quantitative estimate of drug-likeness (QED) is 0.645. The smallest absolute Gasteiger partial charge is 0.313 e. The van der Waals surface area contributed by atoms with Gasteiger partial charge < -0.3 is 26.4 Å². The molecule has 0 spiro atoms. The summed E-state index contributed by atoms with van der Waals surface area (Å²) in [6, 6.07) is 4.53. The number of ether oxygens (including phenoxy) is 1. The molecule has 10 heteroatoms. The standard InChI is InChI=1S/C19H22N6O4/c1-29-18-13(16(21)26)8-12(10-23-18)24-17(27)19(28)25-7-3-2-4-14(25)11-5-6-15(20)22-9-11/h5-6,8-10,14H,2-4,7H2,1H3,(H2,20,22)(H2,21,26)(H,24,27)/t14-/m0/s1. The average molecular weight is 398 g/mol. The van der Waals surface area contributed by atoms with Crippen molar-refractivity contribution >= 4 is 29.2 Å². The van der Waals surface area contributed by atoms with Crippen molar-refractivity contribution in [1.82, 2.24) is 14.9 Å². The highest BCUT2D eigenvalue weighted by molar-refractivity contribution is 6.39. The summed E-state index contributed by atoms with van der Waals surface area (Å²) < 4.78 is 4.97. The highest BCUT2D eigenvalue weighted by atomic mass is 16.5. The number of hydrogen-bond acceptors (Lipinski definition) is 7. The highest BCUT2D eigenvalue weighted by Gasteiger charge is 2.32. The first kappa shape index (κ1) is 20.1. The lowest BCUT2D eigenvalue weighted by atomic mass is 9.96. The molecule has 2 aromatic heterocycles. The van der Waals surface area contributed by atoms with Crippen molar-refractivity contribution in [1.29, 1.82) is 0 Å². The maximum absolute atomic E-state index is 12.8. The van der Waals surface area contributed by atoms with Crippen molar-refractivity contribution in [3.05, 3.63) is 41.7 Å². The van der Waals surface area contributed by atoms with Gasteiger partial charge in [0, 0.05) is 12.7 Å². The number of rotatable bonds is 4. The van der Waals surface area contributed by atoms with Crippen molar-refractivity contribution in [3.8, 4) is 5.88 Å². The van der Waals surface area contributed by atoms with Gasteiger partial charge in [-0.05, 0) is 37.0 Å². The van der Waals surface area contributed by atoms with Crippen LogP contribution in [0.15, 0.2) is 30.6 Å². The van der Waals surface area contributed by atoms with E-state index in [2.05, 4.69) is 15.3 Å². The normalized spacial score (nSPS) is 16.2. The van der Waals surface area contributed by atoms with E-state index in [1.807, 2.05) is 6.07 Å². The number of nitrogens with two attached hydrogens (primary N) is 2. The van der Waals surface area contributed by atoms with Crippen LogP contribution in [0.5, 0.6) is 5.88 Å². The number of piperidine rings is 1. The lowest BCUT2D eigenvalue weighted by Gasteiger charge is -2.35. The molecule has 3 rings (SSSR count). The fourth-order valence-corrected chi connectivity index (χ4v) is 3.31. The number of methoxy groups -OCH3 is 1. The van der Waals surface area contributed by atoms with Crippen LogP contribution >= 0.6 is 0 Å². The Balaban J connectivity index is 1.78. The molecule has 152 valence electrons. The molecule has 2 aromatic rings. The zero-order valence-corrected chi connectivity index (χ0v) is 15.9. The number of primary amides is 1. The van der Waals surface area contributed by atoms with E-state index in [0.717, 1.165) is 24.8 Å². The van der Waals surface area contributed by atoms with Crippen molar-refractivity contribution in [2.24, 2.45) is 5.73 Å². The molecule has 1 fully saturated rings. The van der Waals surface area contributed by atoms with Crippen LogP contribution in [0.1, 0.15) is 41.2 Å². The van der Waals surface area contributed by atoms with Gasteiger partial charge in [0.15, 0.2) is 0 Å². The topological polar surface area (TPSA) is 154 Å². The number of nitrogen functional groups attached to an aromatic ring is 1. The maximum Gasteiger partial charge on any atom is 0.313 e. The van der Waals surface area contributed by atoms with Crippen LogP contribution in [0.25, 0.3) is 0 Å². The summed E-state index contributed by atoms with van der Waals surface area (Å²) in [5.41, 5.74) is 11.9. The lowest BCUT2D eigenvalue weighted by molar-refractivity contribution is -0.145. The summed E-state index contributed by atoms with van der Waals surface area (Å²) in [6.45, 7) is 0.453. The minimum Gasteiger partial charge on any atom is -0.480 e. The molecule has 1 atom stereocenters. The fourth-order valence-electron chi connectivity index (χ4n) is 3.31. The number of anilines is 2. The Hall–Kier alpha value is -3.69. The molecule has 1 aliphatic rings. The second kappa shape index (κ2) is 8.55. The molecular formula is C19H22N6O4. The molecule has 1 saturated heterocycles. The molecule has 0 bridgehead atoms. The van der Waals surface area contributed by atoms with Crippen molar-refractivity contribution in [2.45, 2.75) is 25.3 Å². The number of hydrogen-bond donors (Lipinski definition) is 3. The van der Waals surface area contributed by atoms with Gasteiger partial charge in [0.2, 0.25) is 5.88 Å². The van der Waals surface area contributed by atoms with Crippen LogP contribution in [0.3, 0.4) is 0 Å². The molecule has 0 saturated carbocycles. The van der Waals surface area contributed by atoms with E-state index in [-0.39, 0.29) is 23.2 Å². The number of carbonyl (C=O) groups is 3. The number of pyridine rings is 2. The molecule has 0 aliphatic carbocycles. The van der Waals surface area contributed by atoms with Crippen LogP contribution in [-0.2, 0) is 9.59 Å². The predicted octanol–water partition coefficient (Wildman–Crippen LogP) is 0.859. The van der Waals surface area contributed by atoms with Gasteiger partial charge in [-0.2, -0.15) is 0 Å². The van der Waals surface area contributed by atoms with E-state index >= 15 is 0 Å². The number of nitrogens with zero attached hydrogens (tertiary/aromatic N) is 3. The van der Waals surface area contributed by atoms with Gasteiger partial charge in [0.25, 0.3) is 5.91 Å². The van der Waals surface area contributed by atoms with E-state index in [9.17, 15) is 14.4 Å². The molecule has 5 N–H and O–H groups in total. The highest BCUT2D eigenvalue weighted by Crippen LogP contribution is 2.31. The summed E-state index contributed by atoms with van der Waals surface area (Å²) in [5, 5.41) is 2.48. The Bertz CT molecular complexity index is 931.